The number of carbonyl (C=O) groups is 2. The van der Waals surface area contributed by atoms with Crippen molar-refractivity contribution in [3.63, 3.8) is 0 Å². The van der Waals surface area contributed by atoms with Gasteiger partial charge in [0.1, 0.15) is 18.2 Å². The Balaban J connectivity index is 1.78. The first-order valence-corrected chi connectivity index (χ1v) is 4.80. The van der Waals surface area contributed by atoms with Gasteiger partial charge in [-0.25, -0.2) is 4.79 Å². The molecule has 5 nitrogen and oxygen atoms in total. The van der Waals surface area contributed by atoms with E-state index in [1.807, 2.05) is 0 Å². The van der Waals surface area contributed by atoms with Crippen LogP contribution < -0.4 is 5.32 Å². The number of hydrogen-bond donors (Lipinski definition) is 1. The second-order valence-electron chi connectivity index (χ2n) is 4.12. The number of nitrogens with one attached hydrogen (secondary N) is 1. The Kier molecular flexibility index (Phi) is 1.45. The fourth-order valence-electron chi connectivity index (χ4n) is 2.53. The first-order chi connectivity index (χ1) is 6.66. The number of amides is 1. The van der Waals surface area contributed by atoms with Crippen LogP contribution in [0.15, 0.2) is 0 Å². The lowest BCUT2D eigenvalue weighted by Crippen LogP contribution is -2.41. The van der Waals surface area contributed by atoms with Gasteiger partial charge in [-0.3, -0.25) is 4.79 Å². The quantitative estimate of drug-likeness (QED) is 0.441. The number of fused-ring (bicyclic) bond motifs is 3. The monoisotopic (exact) mass is 197 g/mol. The van der Waals surface area contributed by atoms with Gasteiger partial charge in [0.25, 0.3) is 0 Å². The van der Waals surface area contributed by atoms with E-state index in [-0.39, 0.29) is 36.1 Å². The Morgan fingerprint density at radius 3 is 3.00 bits per heavy atom. The van der Waals surface area contributed by atoms with E-state index in [0.717, 1.165) is 6.42 Å². The lowest BCUT2D eigenvalue weighted by atomic mass is 9.98. The fraction of sp³-hybridized carbons (Fsp3) is 0.778. The van der Waals surface area contributed by atoms with E-state index in [4.69, 9.17) is 9.47 Å². The van der Waals surface area contributed by atoms with Gasteiger partial charge in [-0.2, -0.15) is 0 Å². The molecular weight excluding hydrogens is 186 g/mol. The van der Waals surface area contributed by atoms with Crippen molar-refractivity contribution in [1.29, 1.82) is 0 Å². The number of hydrogen-bond acceptors (Lipinski definition) is 4. The predicted molar refractivity (Wildman–Crippen MR) is 44.3 cm³/mol. The first kappa shape index (κ1) is 8.23. The number of rotatable bonds is 1. The van der Waals surface area contributed by atoms with Gasteiger partial charge in [0.15, 0.2) is 0 Å². The summed E-state index contributed by atoms with van der Waals surface area (Å²) in [5.74, 6) is -0.381. The highest BCUT2D eigenvalue weighted by Crippen LogP contribution is 2.48. The maximum atomic E-state index is 11.4. The average Bonchev–Trinajstić information content (AvgIpc) is 2.70. The molecule has 0 spiro atoms. The number of ether oxygens (including phenoxy) is 2. The van der Waals surface area contributed by atoms with Crippen molar-refractivity contribution in [2.24, 2.45) is 5.92 Å². The zero-order chi connectivity index (χ0) is 9.87. The van der Waals surface area contributed by atoms with Crippen LogP contribution in [0.25, 0.3) is 0 Å². The summed E-state index contributed by atoms with van der Waals surface area (Å²) >= 11 is 0. The van der Waals surface area contributed by atoms with Crippen LogP contribution in [0.2, 0.25) is 0 Å². The van der Waals surface area contributed by atoms with E-state index in [2.05, 4.69) is 5.32 Å². The molecule has 0 aromatic heterocycles. The SMILES string of the molecule is CC(=O)N[C@H]1C(=O)O[C@@H]2[C@H]1C[C@@H]1O[C@H]21. The van der Waals surface area contributed by atoms with Crippen molar-refractivity contribution in [1.82, 2.24) is 5.32 Å². The Morgan fingerprint density at radius 1 is 1.50 bits per heavy atom. The molecule has 3 aliphatic rings. The van der Waals surface area contributed by atoms with Crippen LogP contribution in [0.1, 0.15) is 13.3 Å². The summed E-state index contributed by atoms with van der Waals surface area (Å²) < 4.78 is 10.5. The molecule has 1 N–H and O–H groups in total. The topological polar surface area (TPSA) is 67.9 Å². The van der Waals surface area contributed by atoms with Crippen LogP contribution in [0, 0.1) is 5.92 Å². The molecule has 5 atom stereocenters. The molecular formula is C9H11NO4. The predicted octanol–water partition coefficient (Wildman–Crippen LogP) is -0.796. The average molecular weight is 197 g/mol. The molecule has 3 rings (SSSR count). The summed E-state index contributed by atoms with van der Waals surface area (Å²) in [6.07, 6.45) is 1.06. The van der Waals surface area contributed by atoms with Gasteiger partial charge in [-0.1, -0.05) is 0 Å². The highest BCUT2D eigenvalue weighted by molar-refractivity contribution is 5.85. The van der Waals surface area contributed by atoms with Crippen LogP contribution in [0.4, 0.5) is 0 Å². The molecule has 1 amide bonds. The summed E-state index contributed by atoms with van der Waals surface area (Å²) in [6.45, 7) is 1.41. The fourth-order valence-corrected chi connectivity index (χ4v) is 2.53. The van der Waals surface area contributed by atoms with Crippen LogP contribution in [-0.4, -0.2) is 36.2 Å². The largest absolute Gasteiger partial charge is 0.458 e. The third-order valence-corrected chi connectivity index (χ3v) is 3.17. The molecule has 0 unspecified atom stereocenters. The van der Waals surface area contributed by atoms with Crippen molar-refractivity contribution >= 4 is 11.9 Å². The summed E-state index contributed by atoms with van der Waals surface area (Å²) in [5, 5.41) is 2.64. The minimum absolute atomic E-state index is 0.0997. The molecule has 1 saturated carbocycles. The number of carbonyl (C=O) groups excluding carboxylic acids is 2. The van der Waals surface area contributed by atoms with Crippen molar-refractivity contribution in [3.8, 4) is 0 Å². The molecule has 2 saturated heterocycles. The van der Waals surface area contributed by atoms with Crippen LogP contribution in [0.3, 0.4) is 0 Å². The first-order valence-electron chi connectivity index (χ1n) is 4.80. The van der Waals surface area contributed by atoms with Gasteiger partial charge in [0, 0.05) is 12.8 Å². The second kappa shape index (κ2) is 2.48. The summed E-state index contributed by atoms with van der Waals surface area (Å²) in [5.41, 5.74) is 0. The van der Waals surface area contributed by atoms with Crippen LogP contribution in [-0.2, 0) is 19.1 Å². The van der Waals surface area contributed by atoms with Crippen molar-refractivity contribution in [2.45, 2.75) is 37.7 Å². The molecule has 0 bridgehead atoms. The Labute approximate surface area is 80.7 Å². The molecule has 3 fully saturated rings. The van der Waals surface area contributed by atoms with Gasteiger partial charge >= 0.3 is 5.97 Å². The standard InChI is InChI=1S/C9H11NO4/c1-3(11)10-6-4-2-5-8(13-5)7(4)14-9(6)12/h4-8H,2H2,1H3,(H,10,11)/t4-,5-,6+,7+,8-/m0/s1. The van der Waals surface area contributed by atoms with Gasteiger partial charge in [-0.05, 0) is 6.42 Å². The van der Waals surface area contributed by atoms with E-state index in [0.29, 0.717) is 0 Å². The molecule has 0 radical (unpaired) electrons. The van der Waals surface area contributed by atoms with Crippen LogP contribution in [0.5, 0.6) is 0 Å². The normalized spacial score (nSPS) is 48.1. The Bertz CT molecular complexity index is 316. The summed E-state index contributed by atoms with van der Waals surface area (Å²) in [6, 6.07) is -0.450. The Hall–Kier alpha value is -1.10. The number of epoxide rings is 1. The third-order valence-electron chi connectivity index (χ3n) is 3.17. The van der Waals surface area contributed by atoms with E-state index in [9.17, 15) is 9.59 Å². The molecule has 14 heavy (non-hydrogen) atoms. The molecule has 2 heterocycles. The van der Waals surface area contributed by atoms with Gasteiger partial charge < -0.3 is 14.8 Å². The summed E-state index contributed by atoms with van der Waals surface area (Å²) in [7, 11) is 0. The molecule has 5 heteroatoms. The van der Waals surface area contributed by atoms with Gasteiger partial charge in [0.2, 0.25) is 5.91 Å². The molecule has 0 aromatic carbocycles. The minimum atomic E-state index is -0.450. The van der Waals surface area contributed by atoms with E-state index in [1.165, 1.54) is 6.92 Å². The zero-order valence-electron chi connectivity index (χ0n) is 7.73. The van der Waals surface area contributed by atoms with Crippen molar-refractivity contribution < 1.29 is 19.1 Å². The maximum absolute atomic E-state index is 11.4. The third kappa shape index (κ3) is 0.987. The smallest absolute Gasteiger partial charge is 0.329 e. The lowest BCUT2D eigenvalue weighted by Gasteiger charge is -2.15. The highest BCUT2D eigenvalue weighted by Gasteiger charge is 2.64. The molecule has 0 aromatic rings. The van der Waals surface area contributed by atoms with Crippen LogP contribution >= 0.6 is 0 Å². The highest BCUT2D eigenvalue weighted by atomic mass is 16.6. The second-order valence-corrected chi connectivity index (χ2v) is 4.12. The summed E-state index contributed by atoms with van der Waals surface area (Å²) in [4.78, 5) is 22.3. The van der Waals surface area contributed by atoms with E-state index < -0.39 is 6.04 Å². The van der Waals surface area contributed by atoms with Crippen molar-refractivity contribution in [3.05, 3.63) is 0 Å². The molecule has 1 aliphatic carbocycles. The molecule has 76 valence electrons. The number of esters is 1. The lowest BCUT2D eigenvalue weighted by molar-refractivity contribution is -0.144. The van der Waals surface area contributed by atoms with Crippen molar-refractivity contribution in [2.75, 3.05) is 0 Å². The van der Waals surface area contributed by atoms with E-state index in [1.54, 1.807) is 0 Å². The maximum Gasteiger partial charge on any atom is 0.329 e. The van der Waals surface area contributed by atoms with Gasteiger partial charge in [-0.15, -0.1) is 0 Å². The molecule has 2 aliphatic heterocycles. The van der Waals surface area contributed by atoms with Gasteiger partial charge in [0.05, 0.1) is 6.10 Å². The van der Waals surface area contributed by atoms with E-state index >= 15 is 0 Å². The zero-order valence-corrected chi connectivity index (χ0v) is 7.73. The Morgan fingerprint density at radius 2 is 2.29 bits per heavy atom. The minimum Gasteiger partial charge on any atom is -0.458 e.